The van der Waals surface area contributed by atoms with E-state index in [2.05, 4.69) is 10.3 Å². The third kappa shape index (κ3) is 4.32. The molecule has 3 aromatic rings. The highest BCUT2D eigenvalue weighted by atomic mass is 35.5. The van der Waals surface area contributed by atoms with Crippen LogP contribution in [0.3, 0.4) is 0 Å². The maximum absolute atomic E-state index is 13.0. The number of rotatable bonds is 8. The third-order valence-corrected chi connectivity index (χ3v) is 7.77. The van der Waals surface area contributed by atoms with Crippen LogP contribution in [0, 0.1) is 5.92 Å². The lowest BCUT2D eigenvalue weighted by molar-refractivity contribution is -0.143. The summed E-state index contributed by atoms with van der Waals surface area (Å²) in [4.78, 5) is 28.2. The molecule has 2 heterocycles. The number of halogens is 2. The molecule has 31 heavy (non-hydrogen) atoms. The van der Waals surface area contributed by atoms with Crippen molar-refractivity contribution in [2.45, 2.75) is 31.2 Å². The van der Waals surface area contributed by atoms with Crippen LogP contribution in [0.1, 0.15) is 40.4 Å². The summed E-state index contributed by atoms with van der Waals surface area (Å²) in [6.07, 6.45) is 1.70. The van der Waals surface area contributed by atoms with Crippen molar-refractivity contribution in [3.8, 4) is 0 Å². The Kier molecular flexibility index (Phi) is 6.57. The Morgan fingerprint density at radius 3 is 2.84 bits per heavy atom. The van der Waals surface area contributed by atoms with Crippen molar-refractivity contribution < 1.29 is 19.4 Å². The number of carbonyl (C=O) groups is 2. The summed E-state index contributed by atoms with van der Waals surface area (Å²) in [5, 5.41) is 13.4. The van der Waals surface area contributed by atoms with Crippen LogP contribution in [-0.4, -0.2) is 41.7 Å². The Bertz CT molecular complexity index is 1130. The molecule has 9 heteroatoms. The average Bonchev–Trinajstić information content (AvgIpc) is 3.38. The summed E-state index contributed by atoms with van der Waals surface area (Å²) in [6, 6.07) is 9.20. The zero-order chi connectivity index (χ0) is 22.1. The first-order valence-electron chi connectivity index (χ1n) is 9.97. The molecule has 0 saturated carbocycles. The van der Waals surface area contributed by atoms with Crippen molar-refractivity contribution in [2.24, 2.45) is 5.92 Å². The molecule has 0 bridgehead atoms. The van der Waals surface area contributed by atoms with Gasteiger partial charge in [-0.1, -0.05) is 47.5 Å². The van der Waals surface area contributed by atoms with E-state index in [4.69, 9.17) is 27.9 Å². The molecule has 0 radical (unpaired) electrons. The van der Waals surface area contributed by atoms with Gasteiger partial charge in [-0.05, 0) is 36.5 Å². The summed E-state index contributed by atoms with van der Waals surface area (Å²) in [7, 11) is 1.60. The molecule has 0 spiro atoms. The fourth-order valence-electron chi connectivity index (χ4n) is 4.46. The molecule has 1 aliphatic carbocycles. The molecule has 4 rings (SSSR count). The minimum Gasteiger partial charge on any atom is -0.481 e. The molecule has 1 amide bonds. The lowest BCUT2D eigenvalue weighted by Crippen LogP contribution is -2.42. The Morgan fingerprint density at radius 1 is 1.35 bits per heavy atom. The SMILES string of the molecule is COCCC[C@@H](C(=O)O)[C@@H]1c2ccccc2C[C@H]1NC(=O)c1cc2sc(Cl)c(Cl)c2[nH]1. The first kappa shape index (κ1) is 22.1. The van der Waals surface area contributed by atoms with Crippen LogP contribution in [0.15, 0.2) is 30.3 Å². The number of benzene rings is 1. The van der Waals surface area contributed by atoms with Gasteiger partial charge in [0.25, 0.3) is 5.91 Å². The fraction of sp³-hybridized carbons (Fsp3) is 0.364. The van der Waals surface area contributed by atoms with Gasteiger partial charge in [0.15, 0.2) is 0 Å². The van der Waals surface area contributed by atoms with E-state index in [1.165, 1.54) is 11.3 Å². The maximum Gasteiger partial charge on any atom is 0.307 e. The number of amides is 1. The van der Waals surface area contributed by atoms with Gasteiger partial charge < -0.3 is 20.1 Å². The smallest absolute Gasteiger partial charge is 0.307 e. The fourth-order valence-corrected chi connectivity index (χ4v) is 5.94. The Hall–Kier alpha value is -2.06. The Morgan fingerprint density at radius 2 is 2.13 bits per heavy atom. The van der Waals surface area contributed by atoms with E-state index in [1.807, 2.05) is 24.3 Å². The van der Waals surface area contributed by atoms with Gasteiger partial charge in [-0.3, -0.25) is 9.59 Å². The average molecular weight is 481 g/mol. The number of hydrogen-bond acceptors (Lipinski definition) is 4. The second-order valence-electron chi connectivity index (χ2n) is 7.70. The molecule has 0 saturated heterocycles. The van der Waals surface area contributed by atoms with Gasteiger partial charge in [0, 0.05) is 25.7 Å². The number of carbonyl (C=O) groups excluding carboxylic acids is 1. The zero-order valence-corrected chi connectivity index (χ0v) is 19.1. The molecular weight excluding hydrogens is 459 g/mol. The Balaban J connectivity index is 1.60. The summed E-state index contributed by atoms with van der Waals surface area (Å²) >= 11 is 13.5. The molecule has 1 aliphatic rings. The van der Waals surface area contributed by atoms with E-state index in [1.54, 1.807) is 13.2 Å². The summed E-state index contributed by atoms with van der Waals surface area (Å²) in [5.74, 6) is -2.09. The van der Waals surface area contributed by atoms with E-state index >= 15 is 0 Å². The zero-order valence-electron chi connectivity index (χ0n) is 16.8. The number of thiophene rings is 1. The maximum atomic E-state index is 13.0. The summed E-state index contributed by atoms with van der Waals surface area (Å²) < 4.78 is 6.38. The molecule has 0 aliphatic heterocycles. The summed E-state index contributed by atoms with van der Waals surface area (Å²) in [6.45, 7) is 0.498. The van der Waals surface area contributed by atoms with Crippen LogP contribution >= 0.6 is 34.5 Å². The largest absolute Gasteiger partial charge is 0.481 e. The molecule has 0 unspecified atom stereocenters. The first-order valence-corrected chi connectivity index (χ1v) is 11.5. The van der Waals surface area contributed by atoms with Crippen LogP contribution in [-0.2, 0) is 16.0 Å². The van der Waals surface area contributed by atoms with Gasteiger partial charge in [-0.25, -0.2) is 0 Å². The highest BCUT2D eigenvalue weighted by Gasteiger charge is 2.41. The van der Waals surface area contributed by atoms with Crippen LogP contribution in [0.2, 0.25) is 9.36 Å². The van der Waals surface area contributed by atoms with Crippen molar-refractivity contribution in [3.05, 3.63) is 56.5 Å². The van der Waals surface area contributed by atoms with E-state index < -0.39 is 11.9 Å². The van der Waals surface area contributed by atoms with Crippen LogP contribution in [0.4, 0.5) is 0 Å². The standard InChI is InChI=1S/C22H22Cl2N2O4S/c1-30-8-4-7-13(22(28)29)17-12-6-3-2-5-11(12)9-14(17)26-21(27)15-10-16-19(25-15)18(23)20(24)31-16/h2-3,5-6,10,13-14,17,25H,4,7-9H2,1H3,(H,26,27)(H,28,29)/t13-,14-,17+/m1/s1. The molecule has 2 aromatic heterocycles. The molecule has 3 atom stereocenters. The number of hydrogen-bond donors (Lipinski definition) is 3. The van der Waals surface area contributed by atoms with Gasteiger partial charge in [0.2, 0.25) is 0 Å². The second-order valence-corrected chi connectivity index (χ2v) is 9.73. The first-order chi connectivity index (χ1) is 14.9. The monoisotopic (exact) mass is 480 g/mol. The predicted octanol–water partition coefficient (Wildman–Crippen LogP) is 5.10. The number of carboxylic acid groups (broad SMARTS) is 1. The number of aromatic nitrogens is 1. The number of ether oxygens (including phenoxy) is 1. The molecule has 164 valence electrons. The number of aromatic amines is 1. The van der Waals surface area contributed by atoms with Gasteiger partial charge >= 0.3 is 5.97 Å². The molecule has 3 N–H and O–H groups in total. The normalized spacial score (nSPS) is 18.8. The van der Waals surface area contributed by atoms with E-state index in [0.717, 1.165) is 15.8 Å². The predicted molar refractivity (Wildman–Crippen MR) is 123 cm³/mol. The van der Waals surface area contributed by atoms with E-state index in [-0.39, 0.29) is 17.9 Å². The minimum atomic E-state index is -0.862. The topological polar surface area (TPSA) is 91.4 Å². The number of nitrogens with one attached hydrogen (secondary N) is 2. The van der Waals surface area contributed by atoms with Crippen molar-refractivity contribution in [1.29, 1.82) is 0 Å². The van der Waals surface area contributed by atoms with Crippen LogP contribution in [0.25, 0.3) is 10.2 Å². The summed E-state index contributed by atoms with van der Waals surface area (Å²) in [5.41, 5.74) is 3.06. The number of carboxylic acids is 1. The van der Waals surface area contributed by atoms with Gasteiger partial charge in [-0.2, -0.15) is 0 Å². The highest BCUT2D eigenvalue weighted by Crippen LogP contribution is 2.41. The van der Waals surface area contributed by atoms with Gasteiger partial charge in [0.1, 0.15) is 10.0 Å². The van der Waals surface area contributed by atoms with Crippen LogP contribution in [0.5, 0.6) is 0 Å². The van der Waals surface area contributed by atoms with E-state index in [0.29, 0.717) is 46.4 Å². The lowest BCUT2D eigenvalue weighted by Gasteiger charge is -2.27. The van der Waals surface area contributed by atoms with Gasteiger partial charge in [0.05, 0.1) is 21.2 Å². The second kappa shape index (κ2) is 9.20. The number of methoxy groups -OCH3 is 1. The molecular formula is C22H22Cl2N2O4S. The van der Waals surface area contributed by atoms with Crippen molar-refractivity contribution in [2.75, 3.05) is 13.7 Å². The van der Waals surface area contributed by atoms with Crippen molar-refractivity contribution in [1.82, 2.24) is 10.3 Å². The van der Waals surface area contributed by atoms with Crippen LogP contribution < -0.4 is 5.32 Å². The molecule has 1 aromatic carbocycles. The van der Waals surface area contributed by atoms with Crippen molar-refractivity contribution >= 4 is 56.6 Å². The molecule has 6 nitrogen and oxygen atoms in total. The quantitative estimate of drug-likeness (QED) is 0.391. The van der Waals surface area contributed by atoms with Gasteiger partial charge in [-0.15, -0.1) is 11.3 Å². The lowest BCUT2D eigenvalue weighted by atomic mass is 9.82. The number of aliphatic carboxylic acids is 1. The number of fused-ring (bicyclic) bond motifs is 2. The minimum absolute atomic E-state index is 0.292. The number of H-pyrrole nitrogens is 1. The Labute approximate surface area is 193 Å². The van der Waals surface area contributed by atoms with Crippen molar-refractivity contribution in [3.63, 3.8) is 0 Å². The highest BCUT2D eigenvalue weighted by molar-refractivity contribution is 7.23. The van der Waals surface area contributed by atoms with E-state index in [9.17, 15) is 14.7 Å². The molecule has 0 fully saturated rings. The third-order valence-electron chi connectivity index (χ3n) is 5.84.